The number of aromatic carboxylic acids is 1. The molecule has 3 rings (SSSR count). The summed E-state index contributed by atoms with van der Waals surface area (Å²) >= 11 is 3.44. The topological polar surface area (TPSA) is 60.1 Å². The summed E-state index contributed by atoms with van der Waals surface area (Å²) in [6, 6.07) is 8.03. The molecule has 0 spiro atoms. The van der Waals surface area contributed by atoms with Crippen molar-refractivity contribution in [3.63, 3.8) is 0 Å². The molecule has 0 saturated carbocycles. The lowest BCUT2D eigenvalue weighted by molar-refractivity contribution is 0.0695. The van der Waals surface area contributed by atoms with Gasteiger partial charge in [0.15, 0.2) is 0 Å². The molecule has 0 amide bonds. The van der Waals surface area contributed by atoms with E-state index in [0.717, 1.165) is 15.4 Å². The normalized spacial score (nSPS) is 11.1. The van der Waals surface area contributed by atoms with E-state index in [2.05, 4.69) is 21.0 Å². The van der Waals surface area contributed by atoms with Gasteiger partial charge in [0.1, 0.15) is 5.56 Å². The summed E-state index contributed by atoms with van der Waals surface area (Å²) in [5.74, 6) is -0.952. The molecular formula is C14H12BrN3O2. The van der Waals surface area contributed by atoms with Crippen molar-refractivity contribution in [1.82, 2.24) is 14.3 Å². The summed E-state index contributed by atoms with van der Waals surface area (Å²) < 4.78 is 4.65. The molecule has 3 aromatic rings. The van der Waals surface area contributed by atoms with Crippen LogP contribution in [0.2, 0.25) is 0 Å². The molecule has 0 aliphatic heterocycles. The third kappa shape index (κ3) is 2.12. The summed E-state index contributed by atoms with van der Waals surface area (Å²) in [5.41, 5.74) is 1.98. The molecule has 0 atom stereocenters. The lowest BCUT2D eigenvalue weighted by atomic mass is 10.2. The molecular weight excluding hydrogens is 322 g/mol. The van der Waals surface area contributed by atoms with Gasteiger partial charge in [-0.25, -0.2) is 4.79 Å². The number of nitrogens with zero attached hydrogens (tertiary/aromatic N) is 3. The number of carboxylic acids is 1. The summed E-state index contributed by atoms with van der Waals surface area (Å²) in [5, 5.41) is 14.3. The van der Waals surface area contributed by atoms with E-state index in [1.54, 1.807) is 11.7 Å². The molecule has 20 heavy (non-hydrogen) atoms. The highest BCUT2D eigenvalue weighted by Crippen LogP contribution is 2.22. The Morgan fingerprint density at radius 2 is 2.20 bits per heavy atom. The fourth-order valence-electron chi connectivity index (χ4n) is 2.30. The summed E-state index contributed by atoms with van der Waals surface area (Å²) in [6.45, 7) is 0.475. The van der Waals surface area contributed by atoms with Crippen LogP contribution in [0.4, 0.5) is 0 Å². The molecule has 0 aliphatic carbocycles. The highest BCUT2D eigenvalue weighted by atomic mass is 79.9. The predicted octanol–water partition coefficient (Wildman–Crippen LogP) is 2.88. The Kier molecular flexibility index (Phi) is 3.10. The molecule has 0 unspecified atom stereocenters. The van der Waals surface area contributed by atoms with Gasteiger partial charge < -0.3 is 9.67 Å². The molecule has 5 nitrogen and oxygen atoms in total. The number of rotatable bonds is 3. The van der Waals surface area contributed by atoms with Gasteiger partial charge in [0, 0.05) is 28.6 Å². The number of hydrogen-bond donors (Lipinski definition) is 1. The lowest BCUT2D eigenvalue weighted by Gasteiger charge is -2.07. The van der Waals surface area contributed by atoms with E-state index < -0.39 is 5.97 Å². The number of carboxylic acid groups (broad SMARTS) is 1. The van der Waals surface area contributed by atoms with Gasteiger partial charge in [0.2, 0.25) is 0 Å². The molecule has 2 aromatic heterocycles. The Labute approximate surface area is 123 Å². The number of aromatic nitrogens is 3. The average molecular weight is 334 g/mol. The van der Waals surface area contributed by atoms with Crippen molar-refractivity contribution in [2.45, 2.75) is 6.54 Å². The van der Waals surface area contributed by atoms with Gasteiger partial charge in [-0.2, -0.15) is 5.10 Å². The smallest absolute Gasteiger partial charge is 0.339 e. The van der Waals surface area contributed by atoms with Crippen LogP contribution in [0.1, 0.15) is 16.1 Å². The summed E-state index contributed by atoms with van der Waals surface area (Å²) in [6.07, 6.45) is 3.34. The number of hydrogen-bond acceptors (Lipinski definition) is 2. The van der Waals surface area contributed by atoms with Crippen LogP contribution in [0.15, 0.2) is 41.1 Å². The van der Waals surface area contributed by atoms with Gasteiger partial charge in [0.05, 0.1) is 18.4 Å². The first kappa shape index (κ1) is 12.9. The van der Waals surface area contributed by atoms with Gasteiger partial charge in [-0.05, 0) is 24.3 Å². The molecule has 1 N–H and O–H groups in total. The SMILES string of the molecule is Cn1ncc(C(=O)O)c1Cn1ccc2cc(Br)ccc21. The zero-order chi connectivity index (χ0) is 14.3. The second kappa shape index (κ2) is 4.79. The fraction of sp³-hybridized carbons (Fsp3) is 0.143. The Balaban J connectivity index is 2.06. The van der Waals surface area contributed by atoms with Crippen molar-refractivity contribution in [1.29, 1.82) is 0 Å². The van der Waals surface area contributed by atoms with Crippen LogP contribution in [0.25, 0.3) is 10.9 Å². The summed E-state index contributed by atoms with van der Waals surface area (Å²) in [7, 11) is 1.75. The zero-order valence-corrected chi connectivity index (χ0v) is 12.3. The van der Waals surface area contributed by atoms with E-state index >= 15 is 0 Å². The maximum Gasteiger partial charge on any atom is 0.339 e. The number of fused-ring (bicyclic) bond motifs is 1. The van der Waals surface area contributed by atoms with E-state index in [1.807, 2.05) is 35.0 Å². The molecule has 0 bridgehead atoms. The first-order chi connectivity index (χ1) is 9.56. The van der Waals surface area contributed by atoms with Gasteiger partial charge in [-0.3, -0.25) is 4.68 Å². The molecule has 0 aliphatic rings. The minimum absolute atomic E-state index is 0.242. The van der Waals surface area contributed by atoms with Gasteiger partial charge in [0.25, 0.3) is 0 Å². The van der Waals surface area contributed by atoms with Crippen molar-refractivity contribution in [3.05, 3.63) is 52.4 Å². The number of carbonyl (C=O) groups is 1. The van der Waals surface area contributed by atoms with Crippen LogP contribution in [0.5, 0.6) is 0 Å². The largest absolute Gasteiger partial charge is 0.478 e. The van der Waals surface area contributed by atoms with Crippen LogP contribution in [-0.4, -0.2) is 25.4 Å². The number of benzene rings is 1. The number of aryl methyl sites for hydroxylation is 1. The van der Waals surface area contributed by atoms with Gasteiger partial charge in [-0.15, -0.1) is 0 Å². The van der Waals surface area contributed by atoms with Crippen LogP contribution >= 0.6 is 15.9 Å². The lowest BCUT2D eigenvalue weighted by Crippen LogP contribution is -2.09. The second-order valence-corrected chi connectivity index (χ2v) is 5.50. The van der Waals surface area contributed by atoms with Crippen LogP contribution in [0.3, 0.4) is 0 Å². The molecule has 0 saturated heterocycles. The molecule has 2 heterocycles. The van der Waals surface area contributed by atoms with Crippen molar-refractivity contribution >= 4 is 32.8 Å². The van der Waals surface area contributed by atoms with Crippen LogP contribution in [0, 0.1) is 0 Å². The quantitative estimate of drug-likeness (QED) is 0.801. The Morgan fingerprint density at radius 1 is 1.40 bits per heavy atom. The highest BCUT2D eigenvalue weighted by Gasteiger charge is 2.15. The molecule has 6 heteroatoms. The predicted molar refractivity (Wildman–Crippen MR) is 78.9 cm³/mol. The van der Waals surface area contributed by atoms with Crippen molar-refractivity contribution < 1.29 is 9.90 Å². The molecule has 0 fully saturated rings. The first-order valence-corrected chi connectivity index (χ1v) is 6.84. The highest BCUT2D eigenvalue weighted by molar-refractivity contribution is 9.10. The number of halogens is 1. The third-order valence-electron chi connectivity index (χ3n) is 3.35. The maximum atomic E-state index is 11.2. The standard InChI is InChI=1S/C14H12BrN3O2/c1-17-13(11(7-16-17)14(19)20)8-18-5-4-9-6-10(15)2-3-12(9)18/h2-7H,8H2,1H3,(H,19,20). The second-order valence-electron chi connectivity index (χ2n) is 4.58. The van der Waals surface area contributed by atoms with Crippen LogP contribution in [-0.2, 0) is 13.6 Å². The van der Waals surface area contributed by atoms with Gasteiger partial charge >= 0.3 is 5.97 Å². The molecule has 102 valence electrons. The molecule has 1 aromatic carbocycles. The average Bonchev–Trinajstić information content (AvgIpc) is 2.95. The van der Waals surface area contributed by atoms with E-state index in [-0.39, 0.29) is 5.56 Å². The van der Waals surface area contributed by atoms with Crippen molar-refractivity contribution in [2.75, 3.05) is 0 Å². The minimum atomic E-state index is -0.952. The van der Waals surface area contributed by atoms with E-state index in [0.29, 0.717) is 12.2 Å². The van der Waals surface area contributed by atoms with E-state index in [9.17, 15) is 9.90 Å². The van der Waals surface area contributed by atoms with Crippen molar-refractivity contribution in [3.8, 4) is 0 Å². The third-order valence-corrected chi connectivity index (χ3v) is 3.84. The summed E-state index contributed by atoms with van der Waals surface area (Å²) in [4.78, 5) is 11.2. The Bertz CT molecular complexity index is 804. The zero-order valence-electron chi connectivity index (χ0n) is 10.7. The first-order valence-electron chi connectivity index (χ1n) is 6.05. The van der Waals surface area contributed by atoms with E-state index in [4.69, 9.17) is 0 Å². The fourth-order valence-corrected chi connectivity index (χ4v) is 2.68. The minimum Gasteiger partial charge on any atom is -0.478 e. The maximum absolute atomic E-state index is 11.2. The van der Waals surface area contributed by atoms with E-state index in [1.165, 1.54) is 6.20 Å². The van der Waals surface area contributed by atoms with Crippen LogP contribution < -0.4 is 0 Å². The van der Waals surface area contributed by atoms with Crippen molar-refractivity contribution in [2.24, 2.45) is 7.05 Å². The molecule has 0 radical (unpaired) electrons. The Hall–Kier alpha value is -2.08. The monoisotopic (exact) mass is 333 g/mol. The van der Waals surface area contributed by atoms with Gasteiger partial charge in [-0.1, -0.05) is 15.9 Å². The Morgan fingerprint density at radius 3 is 2.95 bits per heavy atom.